The summed E-state index contributed by atoms with van der Waals surface area (Å²) in [6, 6.07) is 0. The molecule has 0 aliphatic carbocycles. The maximum atomic E-state index is 13.0. The lowest BCUT2D eigenvalue weighted by Gasteiger charge is -2.42. The molecule has 2 fully saturated rings. The third kappa shape index (κ3) is 6.46. The number of halogens is 4. The van der Waals surface area contributed by atoms with E-state index < -0.39 is 28.0 Å². The molecule has 3 rings (SSSR count). The van der Waals surface area contributed by atoms with Crippen LogP contribution in [0.15, 0.2) is 12.4 Å². The zero-order valence-corrected chi connectivity index (χ0v) is 17.8. The maximum Gasteiger partial charge on any atom is 0.490 e. The van der Waals surface area contributed by atoms with Crippen LogP contribution in [0, 0.1) is 17.2 Å². The molecule has 0 aromatic carbocycles. The van der Waals surface area contributed by atoms with Gasteiger partial charge in [0.1, 0.15) is 0 Å². The van der Waals surface area contributed by atoms with Gasteiger partial charge in [0.15, 0.2) is 5.82 Å². The molecule has 2 saturated heterocycles. The average Bonchev–Trinajstić information content (AvgIpc) is 3.02. The summed E-state index contributed by atoms with van der Waals surface area (Å²) in [4.78, 5) is 19.0. The number of rotatable bonds is 4. The van der Waals surface area contributed by atoms with Crippen molar-refractivity contribution in [2.75, 3.05) is 51.1 Å². The fourth-order valence-corrected chi connectivity index (χ4v) is 4.80. The van der Waals surface area contributed by atoms with Gasteiger partial charge in [0, 0.05) is 39.2 Å². The lowest BCUT2D eigenvalue weighted by Crippen LogP contribution is -2.46. The molecule has 1 atom stereocenters. The molecule has 14 heteroatoms. The summed E-state index contributed by atoms with van der Waals surface area (Å²) in [6.45, 7) is 3.06. The van der Waals surface area contributed by atoms with Crippen LogP contribution in [-0.2, 0) is 19.6 Å². The van der Waals surface area contributed by atoms with Gasteiger partial charge in [0.25, 0.3) is 0 Å². The van der Waals surface area contributed by atoms with Crippen molar-refractivity contribution >= 4 is 21.9 Å². The number of aliphatic carboxylic acids is 1. The van der Waals surface area contributed by atoms with E-state index in [1.54, 1.807) is 11.4 Å². The number of sulfonamides is 1. The Morgan fingerprint density at radius 3 is 2.23 bits per heavy atom. The van der Waals surface area contributed by atoms with Crippen LogP contribution in [0.25, 0.3) is 0 Å². The van der Waals surface area contributed by atoms with Gasteiger partial charge >= 0.3 is 12.1 Å². The summed E-state index contributed by atoms with van der Waals surface area (Å²) < 4.78 is 75.5. The molecule has 176 valence electrons. The van der Waals surface area contributed by atoms with Crippen molar-refractivity contribution in [3.63, 3.8) is 0 Å². The van der Waals surface area contributed by atoms with Crippen LogP contribution in [0.2, 0.25) is 0 Å². The molecule has 0 bridgehead atoms. The molecule has 0 radical (unpaired) electrons. The zero-order valence-electron chi connectivity index (χ0n) is 17.0. The first kappa shape index (κ1) is 25.2. The smallest absolute Gasteiger partial charge is 0.475 e. The fraction of sp³-hybridized carbons (Fsp3) is 0.706. The van der Waals surface area contributed by atoms with Crippen LogP contribution in [0.4, 0.5) is 23.5 Å². The Balaban J connectivity index is 0.000000423. The molecule has 1 aromatic rings. The first-order chi connectivity index (χ1) is 14.3. The van der Waals surface area contributed by atoms with E-state index in [0.29, 0.717) is 25.6 Å². The number of ether oxygens (including phenoxy) is 1. The van der Waals surface area contributed by atoms with Crippen molar-refractivity contribution in [3.05, 3.63) is 18.2 Å². The number of methoxy groups -OCH3 is 1. The highest BCUT2D eigenvalue weighted by Crippen LogP contribution is 2.45. The SMILES string of the molecule is COCC1CN(S(C)(=O)=O)CC12CCN(c1ncc(F)cn1)CC2.O=C(O)C(F)(F)F. The van der Waals surface area contributed by atoms with E-state index in [1.807, 2.05) is 4.90 Å². The van der Waals surface area contributed by atoms with Gasteiger partial charge in [-0.25, -0.2) is 31.9 Å². The largest absolute Gasteiger partial charge is 0.490 e. The number of carboxylic acids is 1. The Morgan fingerprint density at radius 1 is 1.29 bits per heavy atom. The summed E-state index contributed by atoms with van der Waals surface area (Å²) in [7, 11) is -1.55. The highest BCUT2D eigenvalue weighted by molar-refractivity contribution is 7.88. The number of carbonyl (C=O) groups is 1. The summed E-state index contributed by atoms with van der Waals surface area (Å²) in [5.74, 6) is -2.50. The van der Waals surface area contributed by atoms with Gasteiger partial charge in [-0.1, -0.05) is 0 Å². The van der Waals surface area contributed by atoms with Crippen LogP contribution in [0.5, 0.6) is 0 Å². The number of piperidine rings is 1. The number of hydrogen-bond acceptors (Lipinski definition) is 7. The number of aromatic nitrogens is 2. The van der Waals surface area contributed by atoms with E-state index >= 15 is 0 Å². The van der Waals surface area contributed by atoms with Crippen molar-refractivity contribution in [1.82, 2.24) is 14.3 Å². The quantitative estimate of drug-likeness (QED) is 0.654. The number of hydrogen-bond donors (Lipinski definition) is 1. The topological polar surface area (TPSA) is 113 Å². The summed E-state index contributed by atoms with van der Waals surface area (Å²) >= 11 is 0. The van der Waals surface area contributed by atoms with Gasteiger partial charge in [-0.2, -0.15) is 13.2 Å². The summed E-state index contributed by atoms with van der Waals surface area (Å²) in [6.07, 6.45) is 0.196. The monoisotopic (exact) mass is 472 g/mol. The molecule has 1 aromatic heterocycles. The molecule has 31 heavy (non-hydrogen) atoms. The van der Waals surface area contributed by atoms with E-state index in [4.69, 9.17) is 14.6 Å². The lowest BCUT2D eigenvalue weighted by molar-refractivity contribution is -0.192. The Hall–Kier alpha value is -2.06. The predicted molar refractivity (Wildman–Crippen MR) is 101 cm³/mol. The van der Waals surface area contributed by atoms with Crippen molar-refractivity contribution in [2.45, 2.75) is 19.0 Å². The van der Waals surface area contributed by atoms with Crippen molar-refractivity contribution < 1.29 is 40.6 Å². The van der Waals surface area contributed by atoms with E-state index in [0.717, 1.165) is 25.9 Å². The van der Waals surface area contributed by atoms with E-state index in [-0.39, 0.29) is 11.3 Å². The molecule has 1 unspecified atom stereocenters. The zero-order chi connectivity index (χ0) is 23.4. The molecular weight excluding hydrogens is 448 g/mol. The van der Waals surface area contributed by atoms with Crippen LogP contribution >= 0.6 is 0 Å². The van der Waals surface area contributed by atoms with Gasteiger partial charge in [-0.3, -0.25) is 0 Å². The van der Waals surface area contributed by atoms with Gasteiger partial charge in [-0.05, 0) is 18.3 Å². The maximum absolute atomic E-state index is 13.0. The molecule has 1 N–H and O–H groups in total. The molecule has 0 saturated carbocycles. The van der Waals surface area contributed by atoms with Gasteiger partial charge in [0.05, 0.1) is 25.3 Å². The highest BCUT2D eigenvalue weighted by atomic mass is 32.2. The third-order valence-corrected chi connectivity index (χ3v) is 6.73. The van der Waals surface area contributed by atoms with E-state index in [1.165, 1.54) is 18.6 Å². The number of nitrogens with zero attached hydrogens (tertiary/aromatic N) is 4. The van der Waals surface area contributed by atoms with Crippen LogP contribution in [0.3, 0.4) is 0 Å². The van der Waals surface area contributed by atoms with Crippen molar-refractivity contribution in [3.8, 4) is 0 Å². The lowest BCUT2D eigenvalue weighted by atomic mass is 9.71. The number of anilines is 1. The first-order valence-electron chi connectivity index (χ1n) is 9.25. The molecule has 0 amide bonds. The summed E-state index contributed by atoms with van der Waals surface area (Å²) in [5, 5.41) is 7.12. The highest BCUT2D eigenvalue weighted by Gasteiger charge is 2.50. The average molecular weight is 472 g/mol. The predicted octanol–water partition coefficient (Wildman–Crippen LogP) is 1.37. The standard InChI is InChI=1S/C15H23FN4O3S.C2HF3O2/c1-23-10-12-9-20(24(2,21)22)11-15(12)3-5-19(6-4-15)14-17-7-13(16)8-18-14;3-2(4,5)1(6)7/h7-8,12H,3-6,9-11H2,1-2H3;(H,6,7). The Labute approximate surface area is 177 Å². The van der Waals surface area contributed by atoms with Gasteiger partial charge in [0.2, 0.25) is 16.0 Å². The minimum atomic E-state index is -5.08. The Morgan fingerprint density at radius 2 is 1.81 bits per heavy atom. The Kier molecular flexibility index (Phi) is 7.81. The normalized spacial score (nSPS) is 21.6. The molecule has 2 aliphatic rings. The molecule has 9 nitrogen and oxygen atoms in total. The van der Waals surface area contributed by atoms with E-state index in [2.05, 4.69) is 9.97 Å². The first-order valence-corrected chi connectivity index (χ1v) is 11.1. The van der Waals surface area contributed by atoms with Crippen LogP contribution in [0.1, 0.15) is 12.8 Å². The second-order valence-corrected chi connectivity index (χ2v) is 9.54. The molecule has 3 heterocycles. The van der Waals surface area contributed by atoms with Crippen LogP contribution in [-0.4, -0.2) is 86.1 Å². The fourth-order valence-electron chi connectivity index (χ4n) is 3.85. The second-order valence-electron chi connectivity index (χ2n) is 7.56. The summed E-state index contributed by atoms with van der Waals surface area (Å²) in [5.41, 5.74) is -0.0738. The minimum Gasteiger partial charge on any atom is -0.475 e. The third-order valence-electron chi connectivity index (χ3n) is 5.51. The molecular formula is C17H24F4N4O5S. The van der Waals surface area contributed by atoms with Crippen LogP contribution < -0.4 is 4.90 Å². The molecule has 1 spiro atoms. The van der Waals surface area contributed by atoms with Gasteiger partial charge in [-0.15, -0.1) is 0 Å². The Bertz CT molecular complexity index is 858. The number of alkyl halides is 3. The van der Waals surface area contributed by atoms with Crippen molar-refractivity contribution in [2.24, 2.45) is 11.3 Å². The minimum absolute atomic E-state index is 0.0738. The number of carboxylic acid groups (broad SMARTS) is 1. The van der Waals surface area contributed by atoms with Crippen molar-refractivity contribution in [1.29, 1.82) is 0 Å². The van der Waals surface area contributed by atoms with E-state index in [9.17, 15) is 26.0 Å². The van der Waals surface area contributed by atoms with Gasteiger partial charge < -0.3 is 14.7 Å². The second kappa shape index (κ2) is 9.61. The molecule has 2 aliphatic heterocycles.